The Bertz CT molecular complexity index is 1010. The summed E-state index contributed by atoms with van der Waals surface area (Å²) in [5.41, 5.74) is 6.03. The number of benzene rings is 2. The maximum atomic E-state index is 12.1. The number of hydrogen-bond acceptors (Lipinski definition) is 6. The predicted molar refractivity (Wildman–Crippen MR) is 109 cm³/mol. The molecule has 0 saturated carbocycles. The van der Waals surface area contributed by atoms with Gasteiger partial charge in [0.1, 0.15) is 6.54 Å². The Morgan fingerprint density at radius 2 is 1.75 bits per heavy atom. The van der Waals surface area contributed by atoms with Gasteiger partial charge in [0.15, 0.2) is 5.11 Å². The lowest BCUT2D eigenvalue weighted by atomic mass is 10.2. The van der Waals surface area contributed by atoms with Crippen molar-refractivity contribution >= 4 is 45.1 Å². The molecule has 0 saturated heterocycles. The molecule has 2 aromatic carbocycles. The van der Waals surface area contributed by atoms with Crippen molar-refractivity contribution in [2.24, 2.45) is 0 Å². The Morgan fingerprint density at radius 1 is 1.04 bits per heavy atom. The summed E-state index contributed by atoms with van der Waals surface area (Å²) >= 11 is 8.29. The average Bonchev–Trinajstić information content (AvgIpc) is 3.16. The average molecular weight is 460 g/mol. The van der Waals surface area contributed by atoms with E-state index in [-0.39, 0.29) is 11.7 Å². The van der Waals surface area contributed by atoms with Gasteiger partial charge in [-0.15, -0.1) is 10.2 Å². The summed E-state index contributed by atoms with van der Waals surface area (Å²) in [6, 6.07) is 16.2. The molecular formula is C17H14BrN7O2S. The van der Waals surface area contributed by atoms with Gasteiger partial charge in [-0.3, -0.25) is 25.8 Å². The van der Waals surface area contributed by atoms with Gasteiger partial charge in [0, 0.05) is 10.0 Å². The minimum atomic E-state index is -0.463. The molecule has 0 fully saturated rings. The predicted octanol–water partition coefficient (Wildman–Crippen LogP) is 1.44. The van der Waals surface area contributed by atoms with Crippen LogP contribution in [0.1, 0.15) is 10.4 Å². The number of thiocarbonyl (C=S) groups is 1. The summed E-state index contributed by atoms with van der Waals surface area (Å²) in [5, 5.41) is 14.3. The van der Waals surface area contributed by atoms with Crippen molar-refractivity contribution in [1.29, 1.82) is 0 Å². The van der Waals surface area contributed by atoms with E-state index in [4.69, 9.17) is 12.2 Å². The van der Waals surface area contributed by atoms with E-state index in [1.807, 2.05) is 30.3 Å². The van der Waals surface area contributed by atoms with Crippen LogP contribution in [0.5, 0.6) is 0 Å². The van der Waals surface area contributed by atoms with Gasteiger partial charge >= 0.3 is 0 Å². The molecule has 0 aliphatic heterocycles. The summed E-state index contributed by atoms with van der Waals surface area (Å²) in [4.78, 5) is 25.3. The molecule has 3 N–H and O–H groups in total. The molecule has 0 aliphatic rings. The minimum absolute atomic E-state index is 0.0503. The SMILES string of the molecule is O=C(Cn1nnc(-c2ccccc2)n1)NNC(=S)NC(=O)c1ccccc1Br. The van der Waals surface area contributed by atoms with Gasteiger partial charge in [-0.05, 0) is 45.5 Å². The number of nitrogens with zero attached hydrogens (tertiary/aromatic N) is 4. The fourth-order valence-electron chi connectivity index (χ4n) is 2.15. The van der Waals surface area contributed by atoms with Crippen molar-refractivity contribution in [3.63, 3.8) is 0 Å². The lowest BCUT2D eigenvalue weighted by Gasteiger charge is -2.11. The van der Waals surface area contributed by atoms with E-state index >= 15 is 0 Å². The van der Waals surface area contributed by atoms with Crippen molar-refractivity contribution in [2.75, 3.05) is 0 Å². The van der Waals surface area contributed by atoms with Crippen LogP contribution in [0.25, 0.3) is 11.4 Å². The van der Waals surface area contributed by atoms with Crippen molar-refractivity contribution in [2.45, 2.75) is 6.54 Å². The molecule has 142 valence electrons. The minimum Gasteiger partial charge on any atom is -0.298 e. The number of hydrazine groups is 1. The molecule has 0 aliphatic carbocycles. The van der Waals surface area contributed by atoms with E-state index in [1.165, 1.54) is 0 Å². The van der Waals surface area contributed by atoms with E-state index in [2.05, 4.69) is 47.5 Å². The third-order valence-corrected chi connectivity index (χ3v) is 4.33. The Balaban J connectivity index is 1.48. The highest BCUT2D eigenvalue weighted by atomic mass is 79.9. The molecule has 0 radical (unpaired) electrons. The summed E-state index contributed by atoms with van der Waals surface area (Å²) in [6.07, 6.45) is 0. The van der Waals surface area contributed by atoms with Crippen LogP contribution < -0.4 is 16.2 Å². The molecule has 1 heterocycles. The highest BCUT2D eigenvalue weighted by Gasteiger charge is 2.12. The van der Waals surface area contributed by atoms with Gasteiger partial charge in [-0.2, -0.15) is 4.80 Å². The first-order valence-corrected chi connectivity index (χ1v) is 9.21. The maximum Gasteiger partial charge on any atom is 0.262 e. The largest absolute Gasteiger partial charge is 0.298 e. The van der Waals surface area contributed by atoms with Crippen molar-refractivity contribution < 1.29 is 9.59 Å². The normalized spacial score (nSPS) is 10.2. The molecule has 0 atom stereocenters. The van der Waals surface area contributed by atoms with Gasteiger partial charge < -0.3 is 0 Å². The second-order valence-corrected chi connectivity index (χ2v) is 6.71. The number of carbonyl (C=O) groups is 2. The van der Waals surface area contributed by atoms with E-state index in [1.54, 1.807) is 24.3 Å². The summed E-state index contributed by atoms with van der Waals surface area (Å²) in [6.45, 7) is -0.173. The Labute approximate surface area is 173 Å². The number of rotatable bonds is 4. The molecule has 3 aromatic rings. The zero-order chi connectivity index (χ0) is 19.9. The van der Waals surface area contributed by atoms with Crippen LogP contribution in [0, 0.1) is 0 Å². The molecule has 2 amide bonds. The van der Waals surface area contributed by atoms with Crippen molar-refractivity contribution in [3.05, 3.63) is 64.6 Å². The second kappa shape index (κ2) is 9.15. The quantitative estimate of drug-likeness (QED) is 0.399. The Morgan fingerprint density at radius 3 is 2.50 bits per heavy atom. The first-order chi connectivity index (χ1) is 13.5. The molecule has 3 rings (SSSR count). The lowest BCUT2D eigenvalue weighted by molar-refractivity contribution is -0.122. The molecule has 0 bridgehead atoms. The van der Waals surface area contributed by atoms with Crippen LogP contribution in [0.15, 0.2) is 59.1 Å². The molecular weight excluding hydrogens is 446 g/mol. The monoisotopic (exact) mass is 459 g/mol. The van der Waals surface area contributed by atoms with Crippen LogP contribution in [0.4, 0.5) is 0 Å². The van der Waals surface area contributed by atoms with Crippen molar-refractivity contribution in [1.82, 2.24) is 36.4 Å². The third-order valence-electron chi connectivity index (χ3n) is 3.43. The Kier molecular flexibility index (Phi) is 6.40. The van der Waals surface area contributed by atoms with Crippen LogP contribution >= 0.6 is 28.1 Å². The van der Waals surface area contributed by atoms with Gasteiger partial charge in [0.2, 0.25) is 5.82 Å². The van der Waals surface area contributed by atoms with Crippen LogP contribution in [0.2, 0.25) is 0 Å². The van der Waals surface area contributed by atoms with Gasteiger partial charge in [0.05, 0.1) is 5.56 Å². The fraction of sp³-hybridized carbons (Fsp3) is 0.0588. The van der Waals surface area contributed by atoms with E-state index in [0.29, 0.717) is 15.9 Å². The second-order valence-electron chi connectivity index (χ2n) is 5.45. The first kappa shape index (κ1) is 19.6. The molecule has 9 nitrogen and oxygen atoms in total. The van der Waals surface area contributed by atoms with E-state index < -0.39 is 11.8 Å². The number of nitrogens with one attached hydrogen (secondary N) is 3. The standard InChI is InChI=1S/C17H14BrN7O2S/c18-13-9-5-4-8-12(13)16(27)19-17(28)22-20-14(26)10-25-23-15(21-24-25)11-6-2-1-3-7-11/h1-9H,10H2,(H,20,26)(H2,19,22,27,28). The third kappa shape index (κ3) is 5.18. The summed E-state index contributed by atoms with van der Waals surface area (Å²) in [7, 11) is 0. The molecule has 0 unspecified atom stereocenters. The smallest absolute Gasteiger partial charge is 0.262 e. The highest BCUT2D eigenvalue weighted by molar-refractivity contribution is 9.10. The van der Waals surface area contributed by atoms with Crippen molar-refractivity contribution in [3.8, 4) is 11.4 Å². The lowest BCUT2D eigenvalue weighted by Crippen LogP contribution is -2.49. The number of hydrogen-bond donors (Lipinski definition) is 3. The number of halogens is 1. The highest BCUT2D eigenvalue weighted by Crippen LogP contribution is 2.15. The number of amides is 2. The van der Waals surface area contributed by atoms with Crippen LogP contribution in [-0.4, -0.2) is 37.1 Å². The van der Waals surface area contributed by atoms with E-state index in [0.717, 1.165) is 10.4 Å². The first-order valence-electron chi connectivity index (χ1n) is 8.01. The summed E-state index contributed by atoms with van der Waals surface area (Å²) in [5.74, 6) is -0.461. The fourth-order valence-corrected chi connectivity index (χ4v) is 2.76. The van der Waals surface area contributed by atoms with Gasteiger partial charge in [-0.25, -0.2) is 0 Å². The van der Waals surface area contributed by atoms with Gasteiger partial charge in [-0.1, -0.05) is 42.5 Å². The zero-order valence-electron chi connectivity index (χ0n) is 14.3. The summed E-state index contributed by atoms with van der Waals surface area (Å²) < 4.78 is 0.630. The molecule has 11 heteroatoms. The molecule has 28 heavy (non-hydrogen) atoms. The van der Waals surface area contributed by atoms with E-state index in [9.17, 15) is 9.59 Å². The number of tetrazole rings is 1. The van der Waals surface area contributed by atoms with Crippen LogP contribution in [-0.2, 0) is 11.3 Å². The Hall–Kier alpha value is -3.18. The topological polar surface area (TPSA) is 114 Å². The number of carbonyl (C=O) groups excluding carboxylic acids is 2. The molecule has 1 aromatic heterocycles. The van der Waals surface area contributed by atoms with Gasteiger partial charge in [0.25, 0.3) is 11.8 Å². The zero-order valence-corrected chi connectivity index (χ0v) is 16.7. The van der Waals surface area contributed by atoms with Crippen LogP contribution in [0.3, 0.4) is 0 Å². The molecule has 0 spiro atoms. The number of aromatic nitrogens is 4. The maximum absolute atomic E-state index is 12.1.